The van der Waals surface area contributed by atoms with Crippen molar-refractivity contribution in [2.24, 2.45) is 0 Å². The minimum atomic E-state index is 0.864. The molecule has 228 valence electrons. The summed E-state index contributed by atoms with van der Waals surface area (Å²) in [5.41, 5.74) is 11.0. The lowest BCUT2D eigenvalue weighted by Gasteiger charge is -2.18. The molecule has 0 atom stereocenters. The molecular formula is C46H27NO2. The van der Waals surface area contributed by atoms with Gasteiger partial charge in [-0.2, -0.15) is 0 Å². The highest BCUT2D eigenvalue weighted by Crippen LogP contribution is 2.48. The van der Waals surface area contributed by atoms with Crippen LogP contribution in [0.4, 0.5) is 0 Å². The summed E-state index contributed by atoms with van der Waals surface area (Å²) in [5, 5.41) is 10.6. The smallest absolute Gasteiger partial charge is 0.136 e. The molecule has 0 unspecified atom stereocenters. The van der Waals surface area contributed by atoms with Crippen molar-refractivity contribution in [2.45, 2.75) is 0 Å². The molecule has 49 heavy (non-hydrogen) atoms. The van der Waals surface area contributed by atoms with Crippen LogP contribution >= 0.6 is 0 Å². The molecule has 11 aromatic rings. The van der Waals surface area contributed by atoms with E-state index in [1.807, 2.05) is 6.07 Å². The molecule has 3 aromatic heterocycles. The van der Waals surface area contributed by atoms with Crippen molar-refractivity contribution < 1.29 is 8.83 Å². The highest BCUT2D eigenvalue weighted by molar-refractivity contribution is 6.26. The van der Waals surface area contributed by atoms with Crippen LogP contribution in [0.15, 0.2) is 173 Å². The largest absolute Gasteiger partial charge is 0.464 e. The zero-order valence-corrected chi connectivity index (χ0v) is 26.4. The Kier molecular flexibility index (Phi) is 5.38. The lowest BCUT2D eigenvalue weighted by Crippen LogP contribution is -1.93. The van der Waals surface area contributed by atoms with E-state index in [9.17, 15) is 0 Å². The molecule has 0 fully saturated rings. The molecule has 0 saturated carbocycles. The highest BCUT2D eigenvalue weighted by atomic mass is 16.3. The fourth-order valence-corrected chi connectivity index (χ4v) is 8.20. The Morgan fingerprint density at radius 2 is 1.06 bits per heavy atom. The number of hydrogen-bond acceptors (Lipinski definition) is 2. The molecule has 0 amide bonds. The number of fused-ring (bicyclic) bond motifs is 9. The Hall–Kier alpha value is -6.58. The monoisotopic (exact) mass is 625 g/mol. The third-order valence-electron chi connectivity index (χ3n) is 10.2. The Balaban J connectivity index is 1.24. The van der Waals surface area contributed by atoms with Gasteiger partial charge in [-0.1, -0.05) is 103 Å². The summed E-state index contributed by atoms with van der Waals surface area (Å²) in [5.74, 6) is 0. The molecule has 11 rings (SSSR count). The normalized spacial score (nSPS) is 12.1. The standard InChI is InChI=1S/C46H27NO2/c1-2-11-30(12-3-1)47-39-19-9-8-17-35(39)46-36(18-10-20-40(46)47)45-33-15-6-4-13-31(33)44(32-14-5-7-16-34(32)45)29-21-22-41-37(25-29)38-27-42-28(23-24-48-42)26-43(38)49-41/h1-27H. The van der Waals surface area contributed by atoms with E-state index in [1.165, 1.54) is 60.0 Å². The zero-order valence-electron chi connectivity index (χ0n) is 26.4. The van der Waals surface area contributed by atoms with Crippen LogP contribution in [-0.2, 0) is 0 Å². The lowest BCUT2D eigenvalue weighted by atomic mass is 9.84. The number of rotatable bonds is 3. The number of para-hydroxylation sites is 2. The molecule has 8 aromatic carbocycles. The molecular weight excluding hydrogens is 599 g/mol. The van der Waals surface area contributed by atoms with Crippen LogP contribution in [0.1, 0.15) is 0 Å². The summed E-state index contributed by atoms with van der Waals surface area (Å²) in [6, 6.07) is 56.8. The molecule has 0 aliphatic rings. The van der Waals surface area contributed by atoms with Gasteiger partial charge in [0.25, 0.3) is 0 Å². The van der Waals surface area contributed by atoms with Gasteiger partial charge in [-0.15, -0.1) is 0 Å². The fourth-order valence-electron chi connectivity index (χ4n) is 8.20. The topological polar surface area (TPSA) is 31.2 Å². The van der Waals surface area contributed by atoms with Crippen LogP contribution < -0.4 is 0 Å². The van der Waals surface area contributed by atoms with E-state index >= 15 is 0 Å². The predicted octanol–water partition coefficient (Wildman–Crippen LogP) is 13.1. The highest BCUT2D eigenvalue weighted by Gasteiger charge is 2.22. The van der Waals surface area contributed by atoms with Gasteiger partial charge in [-0.3, -0.25) is 0 Å². The van der Waals surface area contributed by atoms with Gasteiger partial charge in [-0.25, -0.2) is 0 Å². The van der Waals surface area contributed by atoms with Gasteiger partial charge in [-0.05, 0) is 98.4 Å². The van der Waals surface area contributed by atoms with Crippen LogP contribution in [0, 0.1) is 0 Å². The molecule has 0 spiro atoms. The molecule has 3 nitrogen and oxygen atoms in total. The van der Waals surface area contributed by atoms with Crippen LogP contribution in [0.25, 0.3) is 104 Å². The van der Waals surface area contributed by atoms with Crippen molar-refractivity contribution in [1.29, 1.82) is 0 Å². The third-order valence-corrected chi connectivity index (χ3v) is 10.2. The van der Waals surface area contributed by atoms with Crippen molar-refractivity contribution in [1.82, 2.24) is 4.57 Å². The summed E-state index contributed by atoms with van der Waals surface area (Å²) in [4.78, 5) is 0. The van der Waals surface area contributed by atoms with Crippen LogP contribution in [-0.4, -0.2) is 4.57 Å². The van der Waals surface area contributed by atoms with E-state index in [0.717, 1.165) is 44.2 Å². The summed E-state index contributed by atoms with van der Waals surface area (Å²) in [6.07, 6.45) is 1.73. The quantitative estimate of drug-likeness (QED) is 0.183. The van der Waals surface area contributed by atoms with E-state index in [0.29, 0.717) is 0 Å². The Morgan fingerprint density at radius 3 is 1.84 bits per heavy atom. The molecule has 0 aliphatic carbocycles. The third kappa shape index (κ3) is 3.73. The van der Waals surface area contributed by atoms with Crippen molar-refractivity contribution in [2.75, 3.05) is 0 Å². The minimum absolute atomic E-state index is 0.864. The first-order valence-corrected chi connectivity index (χ1v) is 16.7. The number of benzene rings is 8. The van der Waals surface area contributed by atoms with Gasteiger partial charge < -0.3 is 13.4 Å². The van der Waals surface area contributed by atoms with Crippen LogP contribution in [0.5, 0.6) is 0 Å². The van der Waals surface area contributed by atoms with Crippen LogP contribution in [0.3, 0.4) is 0 Å². The van der Waals surface area contributed by atoms with Crippen molar-refractivity contribution in [3.05, 3.63) is 164 Å². The second-order valence-corrected chi connectivity index (χ2v) is 12.8. The molecule has 0 bridgehead atoms. The van der Waals surface area contributed by atoms with E-state index in [-0.39, 0.29) is 0 Å². The first-order valence-electron chi connectivity index (χ1n) is 16.7. The zero-order chi connectivity index (χ0) is 32.1. The molecule has 3 heteroatoms. The SMILES string of the molecule is c1ccc(-n2c3ccccc3c3c(-c4c5ccccc5c(-c5ccc6oc7cc8ccoc8cc7c6c5)c5ccccc45)cccc32)cc1. The van der Waals surface area contributed by atoms with Gasteiger partial charge >= 0.3 is 0 Å². The minimum Gasteiger partial charge on any atom is -0.464 e. The Bertz CT molecular complexity index is 3050. The second kappa shape index (κ2) is 9.96. The van der Waals surface area contributed by atoms with Gasteiger partial charge in [0, 0.05) is 32.6 Å². The Morgan fingerprint density at radius 1 is 0.408 bits per heavy atom. The number of furan rings is 2. The van der Waals surface area contributed by atoms with Gasteiger partial charge in [0.05, 0.1) is 17.3 Å². The summed E-state index contributed by atoms with van der Waals surface area (Å²) in [6.45, 7) is 0. The average Bonchev–Trinajstić information content (AvgIpc) is 3.86. The fraction of sp³-hybridized carbons (Fsp3) is 0. The lowest BCUT2D eigenvalue weighted by molar-refractivity contribution is 0.616. The molecule has 0 aliphatic heterocycles. The van der Waals surface area contributed by atoms with Crippen LogP contribution in [0.2, 0.25) is 0 Å². The van der Waals surface area contributed by atoms with Gasteiger partial charge in [0.15, 0.2) is 0 Å². The van der Waals surface area contributed by atoms with Crippen molar-refractivity contribution >= 4 is 76.3 Å². The number of nitrogens with zero attached hydrogens (tertiary/aromatic N) is 1. The van der Waals surface area contributed by atoms with Gasteiger partial charge in [0.2, 0.25) is 0 Å². The maximum absolute atomic E-state index is 6.34. The summed E-state index contributed by atoms with van der Waals surface area (Å²) >= 11 is 0. The van der Waals surface area contributed by atoms with E-state index in [1.54, 1.807) is 6.26 Å². The Labute approximate surface area is 280 Å². The van der Waals surface area contributed by atoms with E-state index in [4.69, 9.17) is 8.83 Å². The van der Waals surface area contributed by atoms with E-state index < -0.39 is 0 Å². The average molecular weight is 626 g/mol. The second-order valence-electron chi connectivity index (χ2n) is 12.8. The first-order chi connectivity index (χ1) is 24.3. The van der Waals surface area contributed by atoms with Crippen molar-refractivity contribution in [3.63, 3.8) is 0 Å². The molecule has 0 saturated heterocycles. The van der Waals surface area contributed by atoms with Gasteiger partial charge in [0.1, 0.15) is 16.7 Å². The molecule has 3 heterocycles. The molecule has 0 N–H and O–H groups in total. The predicted molar refractivity (Wildman–Crippen MR) is 204 cm³/mol. The number of hydrogen-bond donors (Lipinski definition) is 0. The maximum Gasteiger partial charge on any atom is 0.136 e. The summed E-state index contributed by atoms with van der Waals surface area (Å²) in [7, 11) is 0. The molecule has 0 radical (unpaired) electrons. The maximum atomic E-state index is 6.34. The van der Waals surface area contributed by atoms with E-state index in [2.05, 4.69) is 156 Å². The van der Waals surface area contributed by atoms with Crippen molar-refractivity contribution in [3.8, 4) is 27.9 Å². The summed E-state index contributed by atoms with van der Waals surface area (Å²) < 4.78 is 14.5. The first kappa shape index (κ1) is 26.5. The number of aromatic nitrogens is 1.